The largest absolute Gasteiger partial charge is 0.340 e. The van der Waals surface area contributed by atoms with Gasteiger partial charge in [-0.25, -0.2) is 0 Å². The minimum absolute atomic E-state index is 0.195. The molecule has 0 bridgehead atoms. The standard InChI is InChI=1S/C13H25N3O/c1-2-15-7-9-16(10-8-15)12(17)11-13(14)5-3-4-6-13/h2-11,14H2,1H3. The van der Waals surface area contributed by atoms with Gasteiger partial charge in [0.25, 0.3) is 0 Å². The zero-order valence-electron chi connectivity index (χ0n) is 11.0. The first-order valence-electron chi connectivity index (χ1n) is 6.92. The Morgan fingerprint density at radius 3 is 2.29 bits per heavy atom. The van der Waals surface area contributed by atoms with Crippen LogP contribution in [0.3, 0.4) is 0 Å². The Labute approximate surface area is 104 Å². The molecule has 0 aromatic heterocycles. The van der Waals surface area contributed by atoms with Crippen molar-refractivity contribution in [3.05, 3.63) is 0 Å². The van der Waals surface area contributed by atoms with Crippen molar-refractivity contribution in [2.24, 2.45) is 5.73 Å². The molecule has 4 heteroatoms. The van der Waals surface area contributed by atoms with E-state index in [2.05, 4.69) is 11.8 Å². The Morgan fingerprint density at radius 1 is 1.18 bits per heavy atom. The van der Waals surface area contributed by atoms with Crippen LogP contribution in [-0.2, 0) is 4.79 Å². The SMILES string of the molecule is CCN1CCN(C(=O)CC2(N)CCCC2)CC1. The fraction of sp³-hybridized carbons (Fsp3) is 0.923. The van der Waals surface area contributed by atoms with Crippen LogP contribution in [0.4, 0.5) is 0 Å². The van der Waals surface area contributed by atoms with E-state index in [1.54, 1.807) is 0 Å². The van der Waals surface area contributed by atoms with Crippen LogP contribution in [0.1, 0.15) is 39.0 Å². The monoisotopic (exact) mass is 239 g/mol. The summed E-state index contributed by atoms with van der Waals surface area (Å²) in [6, 6.07) is 0. The number of carbonyl (C=O) groups is 1. The molecule has 0 spiro atoms. The van der Waals surface area contributed by atoms with E-state index in [1.165, 1.54) is 12.8 Å². The molecule has 1 saturated heterocycles. The molecule has 0 aromatic carbocycles. The fourth-order valence-electron chi connectivity index (χ4n) is 2.98. The number of piperazine rings is 1. The first-order valence-corrected chi connectivity index (χ1v) is 6.92. The molecule has 2 aliphatic rings. The van der Waals surface area contributed by atoms with Crippen molar-refractivity contribution in [2.75, 3.05) is 32.7 Å². The molecular formula is C13H25N3O. The van der Waals surface area contributed by atoms with Crippen molar-refractivity contribution in [1.82, 2.24) is 9.80 Å². The second-order valence-corrected chi connectivity index (χ2v) is 5.56. The third-order valence-corrected chi connectivity index (χ3v) is 4.27. The van der Waals surface area contributed by atoms with Gasteiger partial charge in [-0.3, -0.25) is 4.79 Å². The van der Waals surface area contributed by atoms with Crippen molar-refractivity contribution < 1.29 is 4.79 Å². The molecule has 1 saturated carbocycles. The Balaban J connectivity index is 1.80. The summed E-state index contributed by atoms with van der Waals surface area (Å²) in [7, 11) is 0. The van der Waals surface area contributed by atoms with Crippen molar-refractivity contribution in [1.29, 1.82) is 0 Å². The molecule has 4 nitrogen and oxygen atoms in total. The summed E-state index contributed by atoms with van der Waals surface area (Å²) in [5, 5.41) is 0. The predicted octanol–water partition coefficient (Wildman–Crippen LogP) is 0.812. The fourth-order valence-corrected chi connectivity index (χ4v) is 2.98. The molecule has 0 atom stereocenters. The molecule has 0 radical (unpaired) electrons. The van der Waals surface area contributed by atoms with Crippen LogP contribution in [0.5, 0.6) is 0 Å². The van der Waals surface area contributed by atoms with E-state index >= 15 is 0 Å². The number of hydrogen-bond donors (Lipinski definition) is 1. The summed E-state index contributed by atoms with van der Waals surface area (Å²) in [5.41, 5.74) is 6.07. The Bertz CT molecular complexity index is 266. The summed E-state index contributed by atoms with van der Waals surface area (Å²) in [6.07, 6.45) is 4.97. The summed E-state index contributed by atoms with van der Waals surface area (Å²) >= 11 is 0. The maximum atomic E-state index is 12.2. The molecule has 2 rings (SSSR count). The highest BCUT2D eigenvalue weighted by Crippen LogP contribution is 2.30. The lowest BCUT2D eigenvalue weighted by molar-refractivity contribution is -0.134. The molecule has 2 fully saturated rings. The zero-order valence-corrected chi connectivity index (χ0v) is 11.0. The minimum Gasteiger partial charge on any atom is -0.340 e. The van der Waals surface area contributed by atoms with Gasteiger partial charge < -0.3 is 15.5 Å². The van der Waals surface area contributed by atoms with Crippen LogP contribution in [0.25, 0.3) is 0 Å². The second-order valence-electron chi connectivity index (χ2n) is 5.56. The number of amides is 1. The molecule has 17 heavy (non-hydrogen) atoms. The second kappa shape index (κ2) is 5.36. The Hall–Kier alpha value is -0.610. The topological polar surface area (TPSA) is 49.6 Å². The average Bonchev–Trinajstić information content (AvgIpc) is 2.76. The summed E-state index contributed by atoms with van der Waals surface area (Å²) < 4.78 is 0. The number of hydrogen-bond acceptors (Lipinski definition) is 3. The highest BCUT2D eigenvalue weighted by atomic mass is 16.2. The molecule has 1 heterocycles. The van der Waals surface area contributed by atoms with Crippen LogP contribution in [0, 0.1) is 0 Å². The highest BCUT2D eigenvalue weighted by molar-refractivity contribution is 5.77. The molecule has 1 aliphatic heterocycles. The number of carbonyl (C=O) groups excluding carboxylic acids is 1. The first-order chi connectivity index (χ1) is 8.13. The quantitative estimate of drug-likeness (QED) is 0.793. The summed E-state index contributed by atoms with van der Waals surface area (Å²) in [5.74, 6) is 0.269. The zero-order chi connectivity index (χ0) is 12.3. The van der Waals surface area contributed by atoms with Crippen LogP contribution >= 0.6 is 0 Å². The molecule has 1 aliphatic carbocycles. The van der Waals surface area contributed by atoms with Crippen molar-refractivity contribution in [2.45, 2.75) is 44.6 Å². The lowest BCUT2D eigenvalue weighted by Gasteiger charge is -2.35. The van der Waals surface area contributed by atoms with Gasteiger partial charge in [-0.05, 0) is 19.4 Å². The third-order valence-electron chi connectivity index (χ3n) is 4.27. The van der Waals surface area contributed by atoms with Crippen molar-refractivity contribution in [3.8, 4) is 0 Å². The van der Waals surface area contributed by atoms with E-state index < -0.39 is 0 Å². The van der Waals surface area contributed by atoms with Gasteiger partial charge in [0, 0.05) is 38.1 Å². The van der Waals surface area contributed by atoms with E-state index in [9.17, 15) is 4.79 Å². The minimum atomic E-state index is -0.195. The normalized spacial score (nSPS) is 25.2. The molecule has 0 unspecified atom stereocenters. The average molecular weight is 239 g/mol. The Morgan fingerprint density at radius 2 is 1.76 bits per heavy atom. The van der Waals surface area contributed by atoms with Gasteiger partial charge in [-0.1, -0.05) is 19.8 Å². The molecule has 2 N–H and O–H groups in total. The first kappa shape index (κ1) is 12.8. The van der Waals surface area contributed by atoms with Gasteiger partial charge in [0.1, 0.15) is 0 Å². The highest BCUT2D eigenvalue weighted by Gasteiger charge is 2.33. The van der Waals surface area contributed by atoms with E-state index in [1.807, 2.05) is 4.90 Å². The molecule has 1 amide bonds. The third kappa shape index (κ3) is 3.19. The lowest BCUT2D eigenvalue weighted by Crippen LogP contribution is -2.51. The summed E-state index contributed by atoms with van der Waals surface area (Å²) in [6.45, 7) is 7.04. The van der Waals surface area contributed by atoms with Crippen LogP contribution in [-0.4, -0.2) is 54.0 Å². The molecule has 98 valence electrons. The van der Waals surface area contributed by atoms with Crippen LogP contribution in [0.15, 0.2) is 0 Å². The molecule has 0 aromatic rings. The van der Waals surface area contributed by atoms with Crippen LogP contribution in [0.2, 0.25) is 0 Å². The number of likely N-dealkylation sites (N-methyl/N-ethyl adjacent to an activating group) is 1. The van der Waals surface area contributed by atoms with Gasteiger partial charge in [0.15, 0.2) is 0 Å². The van der Waals surface area contributed by atoms with E-state index in [0.29, 0.717) is 6.42 Å². The van der Waals surface area contributed by atoms with Gasteiger partial charge in [-0.15, -0.1) is 0 Å². The van der Waals surface area contributed by atoms with Gasteiger partial charge >= 0.3 is 0 Å². The van der Waals surface area contributed by atoms with E-state index in [4.69, 9.17) is 5.73 Å². The molecular weight excluding hydrogens is 214 g/mol. The number of nitrogens with zero attached hydrogens (tertiary/aromatic N) is 2. The smallest absolute Gasteiger partial charge is 0.224 e. The lowest BCUT2D eigenvalue weighted by atomic mass is 9.94. The maximum absolute atomic E-state index is 12.2. The van der Waals surface area contributed by atoms with E-state index in [-0.39, 0.29) is 11.4 Å². The van der Waals surface area contributed by atoms with Gasteiger partial charge in [-0.2, -0.15) is 0 Å². The predicted molar refractivity (Wildman–Crippen MR) is 68.7 cm³/mol. The van der Waals surface area contributed by atoms with Crippen LogP contribution < -0.4 is 5.73 Å². The number of nitrogens with two attached hydrogens (primary N) is 1. The number of rotatable bonds is 3. The Kier molecular flexibility index (Phi) is 4.05. The summed E-state index contributed by atoms with van der Waals surface area (Å²) in [4.78, 5) is 16.6. The maximum Gasteiger partial charge on any atom is 0.224 e. The van der Waals surface area contributed by atoms with Gasteiger partial charge in [0.2, 0.25) is 5.91 Å². The van der Waals surface area contributed by atoms with Gasteiger partial charge in [0.05, 0.1) is 0 Å². The van der Waals surface area contributed by atoms with Crippen molar-refractivity contribution >= 4 is 5.91 Å². The van der Waals surface area contributed by atoms with E-state index in [0.717, 1.165) is 45.6 Å². The van der Waals surface area contributed by atoms with Crippen molar-refractivity contribution in [3.63, 3.8) is 0 Å².